The monoisotopic (exact) mass is 1150 g/mol. The van der Waals surface area contributed by atoms with Gasteiger partial charge >= 0.3 is 17.9 Å². The minimum atomic E-state index is -0.781. The molecule has 1 unspecified atom stereocenters. The molecule has 6 nitrogen and oxygen atoms in total. The number of unbranched alkanes of at least 4 members (excludes halogenated alkanes) is 43. The molecular formula is C76H136O6. The van der Waals surface area contributed by atoms with Gasteiger partial charge in [0.25, 0.3) is 0 Å². The first-order chi connectivity index (χ1) is 40.5. The SMILES string of the molecule is CC/C=C\C/C=C\C/C=C\C/C=C\CCCCCCCCCCCCC(=O)OC(COC(=O)CCCCCCC/C=C\CCCCC)COC(=O)CCCCCCCCCCCCCCCCCCC/C=C\CCCCCCCCCC. The summed E-state index contributed by atoms with van der Waals surface area (Å²) in [5.74, 6) is -0.870. The number of carbonyl (C=O) groups is 3. The van der Waals surface area contributed by atoms with Crippen LogP contribution in [-0.4, -0.2) is 37.2 Å². The van der Waals surface area contributed by atoms with Crippen LogP contribution >= 0.6 is 0 Å². The zero-order chi connectivity index (χ0) is 59.2. The number of hydrogen-bond acceptors (Lipinski definition) is 6. The Labute approximate surface area is 510 Å². The lowest BCUT2D eigenvalue weighted by atomic mass is 10.0. The number of rotatable bonds is 66. The average Bonchev–Trinajstić information content (AvgIpc) is 3.47. The summed E-state index contributed by atoms with van der Waals surface area (Å²) in [7, 11) is 0. The topological polar surface area (TPSA) is 78.9 Å². The van der Waals surface area contributed by atoms with Crippen LogP contribution in [0.4, 0.5) is 0 Å². The van der Waals surface area contributed by atoms with Crippen molar-refractivity contribution in [1.82, 2.24) is 0 Å². The first-order valence-electron chi connectivity index (χ1n) is 35.9. The van der Waals surface area contributed by atoms with Crippen molar-refractivity contribution in [2.45, 2.75) is 380 Å². The molecule has 0 amide bonds. The van der Waals surface area contributed by atoms with Crippen molar-refractivity contribution in [2.75, 3.05) is 13.2 Å². The van der Waals surface area contributed by atoms with Crippen LogP contribution in [0.2, 0.25) is 0 Å². The van der Waals surface area contributed by atoms with Crippen LogP contribution in [-0.2, 0) is 28.6 Å². The van der Waals surface area contributed by atoms with Crippen LogP contribution in [0.25, 0.3) is 0 Å². The molecule has 6 heteroatoms. The quantitative estimate of drug-likeness (QED) is 0.0261. The largest absolute Gasteiger partial charge is 0.462 e. The molecule has 0 saturated heterocycles. The van der Waals surface area contributed by atoms with Gasteiger partial charge in [0.15, 0.2) is 6.10 Å². The summed E-state index contributed by atoms with van der Waals surface area (Å²) in [6.45, 7) is 6.55. The Hall–Kier alpha value is -3.15. The molecule has 0 saturated carbocycles. The Morgan fingerprint density at radius 1 is 0.256 bits per heavy atom. The maximum Gasteiger partial charge on any atom is 0.306 e. The van der Waals surface area contributed by atoms with Crippen LogP contribution in [0.15, 0.2) is 72.9 Å². The number of allylic oxidation sites excluding steroid dienone is 12. The van der Waals surface area contributed by atoms with Gasteiger partial charge in [-0.05, 0) is 109 Å². The predicted molar refractivity (Wildman–Crippen MR) is 358 cm³/mol. The minimum absolute atomic E-state index is 0.0763. The minimum Gasteiger partial charge on any atom is -0.462 e. The van der Waals surface area contributed by atoms with Crippen molar-refractivity contribution >= 4 is 17.9 Å². The molecule has 0 aromatic carbocycles. The fourth-order valence-electron chi connectivity index (χ4n) is 10.5. The van der Waals surface area contributed by atoms with E-state index in [0.29, 0.717) is 19.3 Å². The fourth-order valence-corrected chi connectivity index (χ4v) is 10.5. The van der Waals surface area contributed by atoms with Crippen LogP contribution in [0.1, 0.15) is 374 Å². The van der Waals surface area contributed by atoms with E-state index in [1.807, 2.05) is 0 Å². The number of ether oxygens (including phenoxy) is 3. The highest BCUT2D eigenvalue weighted by Crippen LogP contribution is 2.18. The van der Waals surface area contributed by atoms with Crippen molar-refractivity contribution in [3.63, 3.8) is 0 Å². The van der Waals surface area contributed by atoms with Gasteiger partial charge < -0.3 is 14.2 Å². The van der Waals surface area contributed by atoms with Gasteiger partial charge in [-0.3, -0.25) is 14.4 Å². The van der Waals surface area contributed by atoms with Gasteiger partial charge in [-0.2, -0.15) is 0 Å². The zero-order valence-corrected chi connectivity index (χ0v) is 54.8. The number of carbonyl (C=O) groups excluding carboxylic acids is 3. The van der Waals surface area contributed by atoms with Gasteiger partial charge in [0.2, 0.25) is 0 Å². The standard InChI is InChI=1S/C76H136O6/c1-4-7-10-13-16-19-22-25-27-29-31-33-35-36-37-38-39-40-42-43-45-47-49-51-54-57-60-63-66-69-75(78)81-72-73(71-80-74(77)68-65-62-59-56-53-24-21-18-15-12-9-6-3)82-76(79)70-67-64-61-58-55-52-50-48-46-44-41-34-32-30-28-26-23-20-17-14-11-8-5-2/h8,11,17-18,20-21,26,28-29,31-32,34,73H,4-7,9-10,12-16,19,22-25,27,30,33,35-72H2,1-3H3/b11-8-,20-17-,21-18-,28-26-,31-29-,34-32-. The van der Waals surface area contributed by atoms with E-state index in [2.05, 4.69) is 93.7 Å². The van der Waals surface area contributed by atoms with Crippen molar-refractivity contribution in [3.8, 4) is 0 Å². The Balaban J connectivity index is 4.20. The van der Waals surface area contributed by atoms with E-state index in [1.54, 1.807) is 0 Å². The van der Waals surface area contributed by atoms with Crippen molar-refractivity contribution in [1.29, 1.82) is 0 Å². The summed E-state index contributed by atoms with van der Waals surface area (Å²) in [6.07, 6.45) is 92.3. The summed E-state index contributed by atoms with van der Waals surface area (Å²) in [5.41, 5.74) is 0. The molecule has 0 rings (SSSR count). The van der Waals surface area contributed by atoms with Gasteiger partial charge in [-0.15, -0.1) is 0 Å². The lowest BCUT2D eigenvalue weighted by molar-refractivity contribution is -0.167. The van der Waals surface area contributed by atoms with Gasteiger partial charge in [-0.1, -0.05) is 318 Å². The highest BCUT2D eigenvalue weighted by molar-refractivity contribution is 5.71. The second-order valence-electron chi connectivity index (χ2n) is 24.1. The molecule has 0 bridgehead atoms. The summed E-state index contributed by atoms with van der Waals surface area (Å²) >= 11 is 0. The van der Waals surface area contributed by atoms with E-state index in [0.717, 1.165) is 89.9 Å². The molecule has 0 spiro atoms. The van der Waals surface area contributed by atoms with Crippen LogP contribution < -0.4 is 0 Å². The molecule has 0 heterocycles. The lowest BCUT2D eigenvalue weighted by Crippen LogP contribution is -2.30. The Bertz CT molecular complexity index is 1500. The second-order valence-corrected chi connectivity index (χ2v) is 24.1. The molecule has 476 valence electrons. The lowest BCUT2D eigenvalue weighted by Gasteiger charge is -2.18. The molecule has 0 N–H and O–H groups in total. The van der Waals surface area contributed by atoms with E-state index in [9.17, 15) is 14.4 Å². The molecule has 1 atom stereocenters. The molecule has 0 aliphatic rings. The van der Waals surface area contributed by atoms with E-state index >= 15 is 0 Å². The Morgan fingerprint density at radius 2 is 0.476 bits per heavy atom. The molecule has 0 fully saturated rings. The van der Waals surface area contributed by atoms with Gasteiger partial charge in [0.1, 0.15) is 13.2 Å². The molecule has 0 aliphatic heterocycles. The van der Waals surface area contributed by atoms with Crippen LogP contribution in [0.3, 0.4) is 0 Å². The summed E-state index contributed by atoms with van der Waals surface area (Å²) in [6, 6.07) is 0. The third-order valence-corrected chi connectivity index (χ3v) is 15.9. The molecule has 0 radical (unpaired) electrons. The van der Waals surface area contributed by atoms with E-state index in [1.165, 1.54) is 244 Å². The van der Waals surface area contributed by atoms with Crippen molar-refractivity contribution < 1.29 is 28.6 Å². The molecule has 0 aliphatic carbocycles. The molecule has 82 heavy (non-hydrogen) atoms. The number of esters is 3. The van der Waals surface area contributed by atoms with Crippen molar-refractivity contribution in [2.24, 2.45) is 0 Å². The van der Waals surface area contributed by atoms with E-state index in [4.69, 9.17) is 14.2 Å². The Kier molecular flexibility index (Phi) is 67.6. The predicted octanol–water partition coefficient (Wildman–Crippen LogP) is 24.8. The van der Waals surface area contributed by atoms with Gasteiger partial charge in [0, 0.05) is 19.3 Å². The van der Waals surface area contributed by atoms with Gasteiger partial charge in [0.05, 0.1) is 0 Å². The molecular weight excluding hydrogens is 1010 g/mol. The zero-order valence-electron chi connectivity index (χ0n) is 54.8. The molecule has 0 aromatic rings. The van der Waals surface area contributed by atoms with E-state index < -0.39 is 6.10 Å². The third kappa shape index (κ3) is 67.6. The fraction of sp³-hybridized carbons (Fsp3) is 0.803. The first kappa shape index (κ1) is 78.8. The average molecular weight is 1150 g/mol. The highest BCUT2D eigenvalue weighted by atomic mass is 16.6. The Morgan fingerprint density at radius 3 is 0.780 bits per heavy atom. The van der Waals surface area contributed by atoms with Crippen molar-refractivity contribution in [3.05, 3.63) is 72.9 Å². The van der Waals surface area contributed by atoms with Crippen LogP contribution in [0, 0.1) is 0 Å². The number of hydrogen-bond donors (Lipinski definition) is 0. The van der Waals surface area contributed by atoms with Gasteiger partial charge in [-0.25, -0.2) is 0 Å². The maximum absolute atomic E-state index is 12.9. The third-order valence-electron chi connectivity index (χ3n) is 15.9. The highest BCUT2D eigenvalue weighted by Gasteiger charge is 2.19. The maximum atomic E-state index is 12.9. The molecule has 0 aromatic heterocycles. The summed E-state index contributed by atoms with van der Waals surface area (Å²) in [4.78, 5) is 38.4. The first-order valence-corrected chi connectivity index (χ1v) is 35.9. The normalized spacial score (nSPS) is 12.5. The summed E-state index contributed by atoms with van der Waals surface area (Å²) < 4.78 is 17.0. The smallest absolute Gasteiger partial charge is 0.306 e. The second kappa shape index (κ2) is 70.3. The van der Waals surface area contributed by atoms with Crippen LogP contribution in [0.5, 0.6) is 0 Å². The summed E-state index contributed by atoms with van der Waals surface area (Å²) in [5, 5.41) is 0. The van der Waals surface area contributed by atoms with E-state index in [-0.39, 0.29) is 31.1 Å².